The fraction of sp³-hybridized carbons (Fsp3) is 0.250. The van der Waals surface area contributed by atoms with E-state index in [2.05, 4.69) is 31.8 Å². The van der Waals surface area contributed by atoms with Gasteiger partial charge in [0.25, 0.3) is 0 Å². The predicted molar refractivity (Wildman–Crippen MR) is 110 cm³/mol. The lowest BCUT2D eigenvalue weighted by atomic mass is 10.2. The first-order valence-corrected chi connectivity index (χ1v) is 9.38. The Morgan fingerprint density at radius 1 is 1.15 bits per heavy atom. The number of hydrazone groups is 1. The van der Waals surface area contributed by atoms with Crippen LogP contribution in [0.1, 0.15) is 30.9 Å². The molecule has 0 fully saturated rings. The van der Waals surface area contributed by atoms with Crippen molar-refractivity contribution < 1.29 is 14.3 Å². The molecule has 0 heterocycles. The van der Waals surface area contributed by atoms with Gasteiger partial charge >= 0.3 is 0 Å². The second kappa shape index (κ2) is 10.5. The molecule has 0 radical (unpaired) electrons. The zero-order valence-electron chi connectivity index (χ0n) is 15.3. The largest absolute Gasteiger partial charge is 0.493 e. The molecule has 0 aromatic heterocycles. The van der Waals surface area contributed by atoms with E-state index in [1.807, 2.05) is 56.3 Å². The van der Waals surface area contributed by atoms with Crippen LogP contribution in [0.2, 0.25) is 0 Å². The fourth-order valence-electron chi connectivity index (χ4n) is 2.29. The third-order valence-corrected chi connectivity index (χ3v) is 4.16. The van der Waals surface area contributed by atoms with Gasteiger partial charge in [-0.2, -0.15) is 5.10 Å². The van der Waals surface area contributed by atoms with Crippen molar-refractivity contribution in [2.75, 3.05) is 11.9 Å². The average molecular weight is 432 g/mol. The Balaban J connectivity index is 1.82. The van der Waals surface area contributed by atoms with Crippen molar-refractivity contribution in [3.63, 3.8) is 0 Å². The van der Waals surface area contributed by atoms with Crippen LogP contribution < -0.4 is 15.5 Å². The molecule has 2 rings (SSSR count). The number of ether oxygens (including phenoxy) is 1. The second-order valence-corrected chi connectivity index (χ2v) is 6.69. The van der Waals surface area contributed by atoms with Gasteiger partial charge in [0.15, 0.2) is 0 Å². The van der Waals surface area contributed by atoms with Crippen LogP contribution in [0.15, 0.2) is 52.0 Å². The lowest BCUT2D eigenvalue weighted by Crippen LogP contribution is -2.20. The first kappa shape index (κ1) is 20.6. The zero-order valence-corrected chi connectivity index (χ0v) is 16.9. The van der Waals surface area contributed by atoms with Gasteiger partial charge in [-0.25, -0.2) is 5.43 Å². The molecule has 0 saturated carbocycles. The van der Waals surface area contributed by atoms with Crippen molar-refractivity contribution >= 4 is 39.6 Å². The van der Waals surface area contributed by atoms with E-state index in [1.165, 1.54) is 6.21 Å². The van der Waals surface area contributed by atoms with Crippen LogP contribution in [0.25, 0.3) is 0 Å². The highest BCUT2D eigenvalue weighted by molar-refractivity contribution is 9.10. The normalized spacial score (nSPS) is 10.6. The van der Waals surface area contributed by atoms with Crippen molar-refractivity contribution in [1.82, 2.24) is 5.43 Å². The van der Waals surface area contributed by atoms with Gasteiger partial charge in [0.2, 0.25) is 11.8 Å². The second-order valence-electron chi connectivity index (χ2n) is 5.77. The number of hydrogen-bond acceptors (Lipinski definition) is 4. The molecule has 0 bridgehead atoms. The summed E-state index contributed by atoms with van der Waals surface area (Å²) >= 11 is 3.39. The molecule has 0 atom stereocenters. The van der Waals surface area contributed by atoms with Crippen LogP contribution in [0.4, 0.5) is 5.69 Å². The lowest BCUT2D eigenvalue weighted by molar-refractivity contribution is -0.124. The summed E-state index contributed by atoms with van der Waals surface area (Å²) in [5.74, 6) is 0.129. The van der Waals surface area contributed by atoms with E-state index < -0.39 is 0 Å². The number of amides is 2. The first-order chi connectivity index (χ1) is 13.0. The van der Waals surface area contributed by atoms with Gasteiger partial charge < -0.3 is 10.1 Å². The lowest BCUT2D eigenvalue weighted by Gasteiger charge is -2.08. The van der Waals surface area contributed by atoms with Crippen molar-refractivity contribution in [2.45, 2.75) is 26.7 Å². The minimum Gasteiger partial charge on any atom is -0.493 e. The topological polar surface area (TPSA) is 79.8 Å². The third-order valence-electron chi connectivity index (χ3n) is 3.66. The van der Waals surface area contributed by atoms with Gasteiger partial charge in [-0.1, -0.05) is 34.1 Å². The zero-order chi connectivity index (χ0) is 19.6. The van der Waals surface area contributed by atoms with Crippen LogP contribution in [-0.2, 0) is 9.59 Å². The van der Waals surface area contributed by atoms with Crippen molar-refractivity contribution in [3.8, 4) is 5.75 Å². The Labute approximate surface area is 167 Å². The molecule has 142 valence electrons. The van der Waals surface area contributed by atoms with E-state index in [0.29, 0.717) is 12.4 Å². The molecule has 0 spiro atoms. The van der Waals surface area contributed by atoms with Crippen LogP contribution >= 0.6 is 15.9 Å². The highest BCUT2D eigenvalue weighted by Crippen LogP contribution is 2.21. The molecule has 0 aliphatic carbocycles. The van der Waals surface area contributed by atoms with Gasteiger partial charge in [0.05, 0.1) is 12.8 Å². The summed E-state index contributed by atoms with van der Waals surface area (Å²) < 4.78 is 6.40. The molecule has 0 saturated heterocycles. The van der Waals surface area contributed by atoms with Crippen LogP contribution in [-0.4, -0.2) is 24.6 Å². The number of nitrogens with one attached hydrogen (secondary N) is 2. The van der Waals surface area contributed by atoms with Crippen molar-refractivity contribution in [3.05, 3.63) is 58.1 Å². The summed E-state index contributed by atoms with van der Waals surface area (Å²) in [6.45, 7) is 4.34. The Morgan fingerprint density at radius 3 is 2.63 bits per heavy atom. The summed E-state index contributed by atoms with van der Waals surface area (Å²) in [5.41, 5.74) is 4.89. The highest BCUT2D eigenvalue weighted by atomic mass is 79.9. The monoisotopic (exact) mass is 431 g/mol. The highest BCUT2D eigenvalue weighted by Gasteiger charge is 2.08. The Bertz CT molecular complexity index is 837. The minimum absolute atomic E-state index is 0.0475. The molecule has 0 unspecified atom stereocenters. The van der Waals surface area contributed by atoms with E-state index in [4.69, 9.17) is 4.74 Å². The molecule has 0 aliphatic rings. The van der Waals surface area contributed by atoms with E-state index in [9.17, 15) is 9.59 Å². The number of benzene rings is 2. The molecule has 27 heavy (non-hydrogen) atoms. The molecule has 6 nitrogen and oxygen atoms in total. The molecule has 2 aromatic carbocycles. The number of carbonyl (C=O) groups is 2. The maximum Gasteiger partial charge on any atom is 0.240 e. The quantitative estimate of drug-likeness (QED) is 0.489. The summed E-state index contributed by atoms with van der Waals surface area (Å²) in [6, 6.07) is 13.0. The van der Waals surface area contributed by atoms with E-state index in [1.54, 1.807) is 0 Å². The maximum absolute atomic E-state index is 12.0. The number of carbonyl (C=O) groups excluding carboxylic acids is 2. The standard InChI is InChI=1S/C20H22BrN3O3/c1-3-27-18-9-8-16(21)12-15(18)13-22-24-20(26)11-10-19(25)23-17-7-5-4-6-14(17)2/h4-9,12-13H,3,10-11H2,1-2H3,(H,23,25)(H,24,26). The first-order valence-electron chi connectivity index (χ1n) is 8.59. The van der Waals surface area contributed by atoms with Crippen molar-refractivity contribution in [1.29, 1.82) is 0 Å². The molecule has 7 heteroatoms. The van der Waals surface area contributed by atoms with Crippen molar-refractivity contribution in [2.24, 2.45) is 5.10 Å². The predicted octanol–water partition coefficient (Wildman–Crippen LogP) is 4.03. The summed E-state index contributed by atoms with van der Waals surface area (Å²) in [7, 11) is 0. The molecular formula is C20H22BrN3O3. The van der Waals surface area contributed by atoms with Gasteiger partial charge in [-0.15, -0.1) is 0 Å². The summed E-state index contributed by atoms with van der Waals surface area (Å²) in [6.07, 6.45) is 1.64. The number of para-hydroxylation sites is 1. The summed E-state index contributed by atoms with van der Waals surface area (Å²) in [4.78, 5) is 23.9. The molecule has 2 amide bonds. The van der Waals surface area contributed by atoms with Crippen LogP contribution in [0.5, 0.6) is 5.75 Å². The van der Waals surface area contributed by atoms with Gasteiger partial charge in [-0.05, 0) is 43.7 Å². The molecule has 2 aromatic rings. The number of aryl methyl sites for hydroxylation is 1. The van der Waals surface area contributed by atoms with Gasteiger partial charge in [0, 0.05) is 28.6 Å². The number of hydrogen-bond donors (Lipinski definition) is 2. The van der Waals surface area contributed by atoms with E-state index in [0.717, 1.165) is 21.3 Å². The molecule has 0 aliphatic heterocycles. The van der Waals surface area contributed by atoms with Gasteiger partial charge in [0.1, 0.15) is 5.75 Å². The number of halogens is 1. The summed E-state index contributed by atoms with van der Waals surface area (Å²) in [5, 5.41) is 6.74. The number of rotatable bonds is 8. The van der Waals surface area contributed by atoms with Crippen LogP contribution in [0.3, 0.4) is 0 Å². The Hall–Kier alpha value is -2.67. The number of anilines is 1. The maximum atomic E-state index is 12.0. The van der Waals surface area contributed by atoms with E-state index in [-0.39, 0.29) is 24.7 Å². The van der Waals surface area contributed by atoms with E-state index >= 15 is 0 Å². The fourth-order valence-corrected chi connectivity index (χ4v) is 2.67. The van der Waals surface area contributed by atoms with Crippen LogP contribution in [0, 0.1) is 6.92 Å². The SMILES string of the molecule is CCOc1ccc(Br)cc1C=NNC(=O)CCC(=O)Nc1ccccc1C. The Morgan fingerprint density at radius 2 is 1.89 bits per heavy atom. The third kappa shape index (κ3) is 6.86. The minimum atomic E-state index is -0.334. The molecular weight excluding hydrogens is 410 g/mol. The molecule has 2 N–H and O–H groups in total. The van der Waals surface area contributed by atoms with Gasteiger partial charge in [-0.3, -0.25) is 9.59 Å². The smallest absolute Gasteiger partial charge is 0.240 e. The number of nitrogens with zero attached hydrogens (tertiary/aromatic N) is 1. The average Bonchev–Trinajstić information content (AvgIpc) is 2.64. The Kier molecular flexibility index (Phi) is 8.00.